The number of aryl methyl sites for hydroxylation is 1. The monoisotopic (exact) mass is 412 g/mol. The van der Waals surface area contributed by atoms with Gasteiger partial charge in [-0.1, -0.05) is 17.7 Å². The van der Waals surface area contributed by atoms with E-state index in [1.54, 1.807) is 24.3 Å². The van der Waals surface area contributed by atoms with Gasteiger partial charge in [0.25, 0.3) is 11.8 Å². The number of hydrogen-bond donors (Lipinski definition) is 1. The smallest absolute Gasteiger partial charge is 0.270 e. The van der Waals surface area contributed by atoms with E-state index >= 15 is 0 Å². The molecule has 1 saturated heterocycles. The van der Waals surface area contributed by atoms with Crippen molar-refractivity contribution in [2.45, 2.75) is 6.92 Å². The number of hydrogen-bond acceptors (Lipinski definition) is 6. The Morgan fingerprint density at radius 3 is 2.17 bits per heavy atom. The molecule has 7 nitrogen and oxygen atoms in total. The van der Waals surface area contributed by atoms with Gasteiger partial charge in [-0.05, 0) is 49.5 Å². The van der Waals surface area contributed by atoms with Crippen LogP contribution in [0.1, 0.15) is 11.1 Å². The molecule has 0 unspecified atom stereocenters. The van der Waals surface area contributed by atoms with Crippen LogP contribution in [0.5, 0.6) is 17.2 Å². The van der Waals surface area contributed by atoms with Crippen molar-refractivity contribution in [3.8, 4) is 17.2 Å². The number of amides is 2. The molecule has 1 N–H and O–H groups in total. The van der Waals surface area contributed by atoms with E-state index in [4.69, 9.17) is 26.4 Å². The minimum absolute atomic E-state index is 0.0280. The molecule has 2 aromatic carbocycles. The molecule has 150 valence electrons. The summed E-state index contributed by atoms with van der Waals surface area (Å²) >= 11 is 5.22. The van der Waals surface area contributed by atoms with E-state index in [1.165, 1.54) is 32.3 Å². The number of carbonyl (C=O) groups is 2. The van der Waals surface area contributed by atoms with Gasteiger partial charge in [0, 0.05) is 5.56 Å². The number of anilines is 1. The summed E-state index contributed by atoms with van der Waals surface area (Å²) in [5.41, 5.74) is 2.01. The normalized spacial score (nSPS) is 15.4. The Hall–Kier alpha value is -3.39. The summed E-state index contributed by atoms with van der Waals surface area (Å²) in [5.74, 6) is 0.0573. The van der Waals surface area contributed by atoms with Crippen LogP contribution in [0.4, 0.5) is 5.69 Å². The largest absolute Gasteiger partial charge is 0.493 e. The lowest BCUT2D eigenvalue weighted by atomic mass is 10.0. The van der Waals surface area contributed by atoms with Crippen LogP contribution in [0.15, 0.2) is 42.0 Å². The van der Waals surface area contributed by atoms with Gasteiger partial charge in [-0.15, -0.1) is 0 Å². The Balaban J connectivity index is 2.08. The minimum atomic E-state index is -0.583. The zero-order valence-electron chi connectivity index (χ0n) is 16.4. The van der Waals surface area contributed by atoms with Gasteiger partial charge < -0.3 is 14.2 Å². The molecule has 1 aliphatic heterocycles. The summed E-state index contributed by atoms with van der Waals surface area (Å²) in [6.07, 6.45) is 1.45. The highest BCUT2D eigenvalue weighted by molar-refractivity contribution is 7.80. The Morgan fingerprint density at radius 1 is 0.931 bits per heavy atom. The number of thiocarbonyl (C=S) groups is 1. The maximum absolute atomic E-state index is 13.1. The van der Waals surface area contributed by atoms with Crippen molar-refractivity contribution in [3.63, 3.8) is 0 Å². The van der Waals surface area contributed by atoms with Crippen LogP contribution in [0, 0.1) is 6.92 Å². The van der Waals surface area contributed by atoms with Crippen LogP contribution >= 0.6 is 12.2 Å². The van der Waals surface area contributed by atoms with Gasteiger partial charge >= 0.3 is 0 Å². The Kier molecular flexibility index (Phi) is 5.84. The topological polar surface area (TPSA) is 77.1 Å². The molecule has 1 aliphatic rings. The number of nitrogens with one attached hydrogen (secondary N) is 1. The number of methoxy groups -OCH3 is 3. The lowest BCUT2D eigenvalue weighted by Gasteiger charge is -2.29. The van der Waals surface area contributed by atoms with E-state index in [1.807, 2.05) is 19.1 Å². The molecule has 0 atom stereocenters. The molecule has 2 aromatic rings. The van der Waals surface area contributed by atoms with E-state index in [9.17, 15) is 9.59 Å². The zero-order valence-corrected chi connectivity index (χ0v) is 17.3. The highest BCUT2D eigenvalue weighted by Gasteiger charge is 2.34. The molecule has 0 saturated carbocycles. The van der Waals surface area contributed by atoms with E-state index < -0.39 is 11.8 Å². The predicted octanol–water partition coefficient (Wildman–Crippen LogP) is 2.85. The molecule has 0 bridgehead atoms. The summed E-state index contributed by atoms with van der Waals surface area (Å²) in [5, 5.41) is 2.59. The first-order valence-corrected chi connectivity index (χ1v) is 9.09. The average molecular weight is 412 g/mol. The van der Waals surface area contributed by atoms with Crippen molar-refractivity contribution >= 4 is 40.9 Å². The molecule has 29 heavy (non-hydrogen) atoms. The van der Waals surface area contributed by atoms with Crippen molar-refractivity contribution < 1.29 is 23.8 Å². The summed E-state index contributed by atoms with van der Waals surface area (Å²) in [6, 6.07) is 10.6. The van der Waals surface area contributed by atoms with E-state index in [0.29, 0.717) is 28.5 Å². The van der Waals surface area contributed by atoms with E-state index in [0.717, 1.165) is 5.56 Å². The number of carbonyl (C=O) groups excluding carboxylic acids is 2. The zero-order chi connectivity index (χ0) is 21.1. The molecule has 0 aromatic heterocycles. The van der Waals surface area contributed by atoms with Crippen LogP contribution < -0.4 is 24.4 Å². The summed E-state index contributed by atoms with van der Waals surface area (Å²) in [6.45, 7) is 1.94. The molecule has 0 aliphatic carbocycles. The van der Waals surface area contributed by atoms with Gasteiger partial charge in [-0.3, -0.25) is 19.8 Å². The second-order valence-corrected chi connectivity index (χ2v) is 6.60. The third-order valence-electron chi connectivity index (χ3n) is 4.43. The van der Waals surface area contributed by atoms with Gasteiger partial charge in [0.1, 0.15) is 5.57 Å². The Morgan fingerprint density at radius 2 is 1.59 bits per heavy atom. The number of benzene rings is 2. The predicted molar refractivity (Wildman–Crippen MR) is 113 cm³/mol. The summed E-state index contributed by atoms with van der Waals surface area (Å²) in [7, 11) is 4.46. The van der Waals surface area contributed by atoms with Crippen LogP contribution in [-0.2, 0) is 9.59 Å². The third kappa shape index (κ3) is 3.79. The van der Waals surface area contributed by atoms with E-state index in [2.05, 4.69) is 5.32 Å². The molecule has 0 radical (unpaired) electrons. The maximum atomic E-state index is 13.1. The summed E-state index contributed by atoms with van der Waals surface area (Å²) in [4.78, 5) is 26.9. The Labute approximate surface area is 173 Å². The fourth-order valence-corrected chi connectivity index (χ4v) is 3.26. The first kappa shape index (κ1) is 20.3. The van der Waals surface area contributed by atoms with Crippen molar-refractivity contribution in [2.75, 3.05) is 26.2 Å². The van der Waals surface area contributed by atoms with Crippen molar-refractivity contribution in [1.29, 1.82) is 0 Å². The van der Waals surface area contributed by atoms with Crippen molar-refractivity contribution in [3.05, 3.63) is 53.1 Å². The molecular weight excluding hydrogens is 392 g/mol. The molecule has 1 heterocycles. The maximum Gasteiger partial charge on any atom is 0.270 e. The fraction of sp³-hybridized carbons (Fsp3) is 0.190. The quantitative estimate of drug-likeness (QED) is 0.462. The number of nitrogens with zero attached hydrogens (tertiary/aromatic N) is 1. The van der Waals surface area contributed by atoms with Crippen LogP contribution in [0.2, 0.25) is 0 Å². The van der Waals surface area contributed by atoms with Crippen LogP contribution in [0.3, 0.4) is 0 Å². The molecule has 8 heteroatoms. The molecule has 0 spiro atoms. The van der Waals surface area contributed by atoms with Gasteiger partial charge in [0.05, 0.1) is 27.0 Å². The molecular formula is C21H20N2O5S. The third-order valence-corrected chi connectivity index (χ3v) is 4.71. The van der Waals surface area contributed by atoms with Crippen LogP contribution in [0.25, 0.3) is 6.08 Å². The minimum Gasteiger partial charge on any atom is -0.493 e. The van der Waals surface area contributed by atoms with Crippen molar-refractivity contribution in [1.82, 2.24) is 5.32 Å². The standard InChI is InChI=1S/C21H20N2O5S/c1-12-5-8-14(9-6-12)23-20(25)15(19(24)22-21(23)29)11-13-7-10-16(26-2)18(28-4)17(13)27-3/h5-11H,1-4H3,(H,22,24,29)/b15-11+. The molecule has 3 rings (SSSR count). The number of ether oxygens (including phenoxy) is 3. The van der Waals surface area contributed by atoms with Gasteiger partial charge in [-0.25, -0.2) is 0 Å². The Bertz CT molecular complexity index is 1010. The average Bonchev–Trinajstić information content (AvgIpc) is 2.71. The molecule has 1 fully saturated rings. The highest BCUT2D eigenvalue weighted by atomic mass is 32.1. The van der Waals surface area contributed by atoms with Gasteiger partial charge in [0.15, 0.2) is 16.6 Å². The second-order valence-electron chi connectivity index (χ2n) is 6.22. The summed E-state index contributed by atoms with van der Waals surface area (Å²) < 4.78 is 16.1. The highest BCUT2D eigenvalue weighted by Crippen LogP contribution is 2.40. The van der Waals surface area contributed by atoms with E-state index in [-0.39, 0.29) is 10.7 Å². The molecule has 2 amide bonds. The van der Waals surface area contributed by atoms with Crippen LogP contribution in [-0.4, -0.2) is 38.3 Å². The lowest BCUT2D eigenvalue weighted by molar-refractivity contribution is -0.122. The first-order chi connectivity index (χ1) is 13.9. The number of rotatable bonds is 5. The second kappa shape index (κ2) is 8.32. The lowest BCUT2D eigenvalue weighted by Crippen LogP contribution is -2.54. The fourth-order valence-electron chi connectivity index (χ4n) is 2.98. The van der Waals surface area contributed by atoms with Gasteiger partial charge in [0.2, 0.25) is 5.75 Å². The SMILES string of the molecule is COc1ccc(/C=C2\C(=O)NC(=S)N(c3ccc(C)cc3)C2=O)c(OC)c1OC. The first-order valence-electron chi connectivity index (χ1n) is 8.68. The van der Waals surface area contributed by atoms with Crippen molar-refractivity contribution in [2.24, 2.45) is 0 Å². The van der Waals surface area contributed by atoms with Gasteiger partial charge in [-0.2, -0.15) is 0 Å².